The van der Waals surface area contributed by atoms with Crippen LogP contribution in [0.3, 0.4) is 0 Å². The monoisotopic (exact) mass is 468 g/mol. The number of hydrogen-bond donors (Lipinski definition) is 1. The summed E-state index contributed by atoms with van der Waals surface area (Å²) in [7, 11) is -2.57. The zero-order valence-corrected chi connectivity index (χ0v) is 19.1. The number of esters is 1. The van der Waals surface area contributed by atoms with Crippen molar-refractivity contribution >= 4 is 44.2 Å². The van der Waals surface area contributed by atoms with Crippen LogP contribution in [0.1, 0.15) is 5.69 Å². The zero-order valence-electron chi connectivity index (χ0n) is 17.5. The van der Waals surface area contributed by atoms with Gasteiger partial charge in [0, 0.05) is 16.1 Å². The van der Waals surface area contributed by atoms with Gasteiger partial charge in [0.1, 0.15) is 6.54 Å². The Morgan fingerprint density at radius 1 is 1.00 bits per heavy atom. The molecule has 1 aromatic heterocycles. The van der Waals surface area contributed by atoms with Crippen LogP contribution in [-0.4, -0.2) is 26.1 Å². The molecule has 0 saturated carbocycles. The maximum atomic E-state index is 13.2. The number of hydrogen-bond acceptors (Lipinski definition) is 4. The van der Waals surface area contributed by atoms with E-state index in [-0.39, 0.29) is 11.4 Å². The summed E-state index contributed by atoms with van der Waals surface area (Å²) in [5, 5.41) is 1.06. The Morgan fingerprint density at radius 2 is 1.66 bits per heavy atom. The number of anilines is 1. The van der Waals surface area contributed by atoms with E-state index in [1.54, 1.807) is 54.0 Å². The number of fused-ring (bicyclic) bond motifs is 1. The van der Waals surface area contributed by atoms with Gasteiger partial charge >= 0.3 is 5.97 Å². The van der Waals surface area contributed by atoms with E-state index in [1.807, 2.05) is 30.3 Å². The van der Waals surface area contributed by atoms with Gasteiger partial charge in [0.2, 0.25) is 0 Å². The summed E-state index contributed by atoms with van der Waals surface area (Å²) in [5.41, 5.74) is 3.55. The van der Waals surface area contributed by atoms with Crippen LogP contribution in [-0.2, 0) is 26.1 Å². The predicted octanol–water partition coefficient (Wildman–Crippen LogP) is 5.24. The number of methoxy groups -OCH3 is 1. The molecule has 0 amide bonds. The van der Waals surface area contributed by atoms with Crippen LogP contribution in [0.5, 0.6) is 0 Å². The van der Waals surface area contributed by atoms with Crippen molar-refractivity contribution in [3.8, 4) is 11.1 Å². The number of halogens is 1. The summed E-state index contributed by atoms with van der Waals surface area (Å²) in [6.45, 7) is 1.70. The van der Waals surface area contributed by atoms with E-state index < -0.39 is 16.0 Å². The molecule has 0 aliphatic heterocycles. The van der Waals surface area contributed by atoms with Gasteiger partial charge in [-0.1, -0.05) is 54.1 Å². The average Bonchev–Trinajstić information content (AvgIpc) is 3.04. The molecule has 8 heteroatoms. The molecule has 0 atom stereocenters. The minimum Gasteiger partial charge on any atom is -0.468 e. The van der Waals surface area contributed by atoms with Crippen LogP contribution in [0.4, 0.5) is 5.69 Å². The molecule has 0 unspecified atom stereocenters. The quantitative estimate of drug-likeness (QED) is 0.392. The Labute approximate surface area is 191 Å². The summed E-state index contributed by atoms with van der Waals surface area (Å²) < 4.78 is 35.5. The molecule has 0 radical (unpaired) electrons. The number of nitrogens with one attached hydrogen (secondary N) is 1. The Morgan fingerprint density at radius 3 is 2.31 bits per heavy atom. The van der Waals surface area contributed by atoms with E-state index in [1.165, 1.54) is 7.11 Å². The molecular formula is C24H21ClN2O4S. The molecule has 0 bridgehead atoms. The average molecular weight is 469 g/mol. The van der Waals surface area contributed by atoms with Gasteiger partial charge in [0.05, 0.1) is 23.2 Å². The Balaban J connectivity index is 1.73. The van der Waals surface area contributed by atoms with Gasteiger partial charge in [-0.3, -0.25) is 9.52 Å². The molecule has 0 fully saturated rings. The first-order valence-corrected chi connectivity index (χ1v) is 11.7. The molecule has 0 spiro atoms. The van der Waals surface area contributed by atoms with Crippen molar-refractivity contribution in [1.82, 2.24) is 4.57 Å². The lowest BCUT2D eigenvalue weighted by Crippen LogP contribution is -2.15. The first kappa shape index (κ1) is 21.9. The fourth-order valence-electron chi connectivity index (χ4n) is 3.63. The van der Waals surface area contributed by atoms with E-state index in [0.29, 0.717) is 27.3 Å². The van der Waals surface area contributed by atoms with Crippen LogP contribution < -0.4 is 4.72 Å². The lowest BCUT2D eigenvalue weighted by Gasteiger charge is -2.10. The third-order valence-electron chi connectivity index (χ3n) is 5.31. The molecule has 6 nitrogen and oxygen atoms in total. The fraction of sp³-hybridized carbons (Fsp3) is 0.125. The highest BCUT2D eigenvalue weighted by atomic mass is 35.5. The standard InChI is InChI=1S/C24H21ClN2O4S/c1-16-24(21-14-19(25)10-13-22(21)27(16)15-23(28)31-2)26-32(29,30)20-11-8-18(9-12-20)17-6-4-3-5-7-17/h3-14,26H,15H2,1-2H3. The van der Waals surface area contributed by atoms with Gasteiger partial charge in [-0.2, -0.15) is 0 Å². The summed E-state index contributed by atoms with van der Waals surface area (Å²) in [4.78, 5) is 12.0. The Kier molecular flexibility index (Phi) is 5.95. The number of rotatable bonds is 6. The van der Waals surface area contributed by atoms with E-state index in [4.69, 9.17) is 16.3 Å². The molecule has 1 heterocycles. The third kappa shape index (κ3) is 4.22. The molecule has 0 aliphatic carbocycles. The van der Waals surface area contributed by atoms with Gasteiger partial charge in [-0.15, -0.1) is 0 Å². The summed E-state index contributed by atoms with van der Waals surface area (Å²) in [6.07, 6.45) is 0. The number of carbonyl (C=O) groups excluding carboxylic acids is 1. The number of benzene rings is 3. The van der Waals surface area contributed by atoms with Gasteiger partial charge in [-0.25, -0.2) is 8.42 Å². The highest BCUT2D eigenvalue weighted by Crippen LogP contribution is 2.34. The molecular weight excluding hydrogens is 448 g/mol. The van der Waals surface area contributed by atoms with Crippen molar-refractivity contribution in [3.63, 3.8) is 0 Å². The van der Waals surface area contributed by atoms with E-state index in [2.05, 4.69) is 4.72 Å². The maximum Gasteiger partial charge on any atom is 0.325 e. The molecule has 0 saturated heterocycles. The summed E-state index contributed by atoms with van der Waals surface area (Å²) >= 11 is 6.17. The number of aromatic nitrogens is 1. The maximum absolute atomic E-state index is 13.2. The first-order chi connectivity index (χ1) is 15.3. The zero-order chi connectivity index (χ0) is 22.9. The lowest BCUT2D eigenvalue weighted by atomic mass is 10.1. The van der Waals surface area contributed by atoms with Gasteiger partial charge in [0.25, 0.3) is 10.0 Å². The molecule has 4 aromatic rings. The summed E-state index contributed by atoms with van der Waals surface area (Å²) in [6, 6.07) is 21.5. The second-order valence-corrected chi connectivity index (χ2v) is 9.40. The smallest absolute Gasteiger partial charge is 0.325 e. The Bertz CT molecular complexity index is 1400. The lowest BCUT2D eigenvalue weighted by molar-refractivity contribution is -0.141. The minimum atomic E-state index is -3.88. The highest BCUT2D eigenvalue weighted by Gasteiger charge is 2.22. The molecule has 4 rings (SSSR count). The molecule has 164 valence electrons. The van der Waals surface area contributed by atoms with Crippen molar-refractivity contribution in [2.75, 3.05) is 11.8 Å². The van der Waals surface area contributed by atoms with Gasteiger partial charge < -0.3 is 9.30 Å². The third-order valence-corrected chi connectivity index (χ3v) is 6.91. The molecule has 1 N–H and O–H groups in total. The molecule has 0 aliphatic rings. The van der Waals surface area contributed by atoms with Crippen molar-refractivity contribution in [3.05, 3.63) is 83.5 Å². The number of ether oxygens (including phenoxy) is 1. The number of carbonyl (C=O) groups is 1. The fourth-order valence-corrected chi connectivity index (χ4v) is 4.94. The highest BCUT2D eigenvalue weighted by molar-refractivity contribution is 7.92. The Hall–Kier alpha value is -3.29. The van der Waals surface area contributed by atoms with Crippen LogP contribution >= 0.6 is 11.6 Å². The number of sulfonamides is 1. The van der Waals surface area contributed by atoms with E-state index >= 15 is 0 Å². The topological polar surface area (TPSA) is 77.4 Å². The van der Waals surface area contributed by atoms with E-state index in [0.717, 1.165) is 11.1 Å². The largest absolute Gasteiger partial charge is 0.468 e. The van der Waals surface area contributed by atoms with Crippen molar-refractivity contribution in [2.45, 2.75) is 18.4 Å². The van der Waals surface area contributed by atoms with Gasteiger partial charge in [-0.05, 0) is 48.4 Å². The van der Waals surface area contributed by atoms with Crippen LogP contribution in [0.25, 0.3) is 22.0 Å². The first-order valence-electron chi connectivity index (χ1n) is 9.83. The second kappa shape index (κ2) is 8.68. The predicted molar refractivity (Wildman–Crippen MR) is 126 cm³/mol. The summed E-state index contributed by atoms with van der Waals surface area (Å²) in [5.74, 6) is -0.439. The minimum absolute atomic E-state index is 0.0477. The van der Waals surface area contributed by atoms with Gasteiger partial charge in [0.15, 0.2) is 0 Å². The van der Waals surface area contributed by atoms with Crippen LogP contribution in [0.15, 0.2) is 77.7 Å². The van der Waals surface area contributed by atoms with Crippen molar-refractivity contribution in [2.24, 2.45) is 0 Å². The second-order valence-electron chi connectivity index (χ2n) is 7.28. The SMILES string of the molecule is COC(=O)Cn1c(C)c(NS(=O)(=O)c2ccc(-c3ccccc3)cc2)c2cc(Cl)ccc21. The molecule has 3 aromatic carbocycles. The molecule has 32 heavy (non-hydrogen) atoms. The van der Waals surface area contributed by atoms with Crippen molar-refractivity contribution in [1.29, 1.82) is 0 Å². The van der Waals surface area contributed by atoms with Crippen molar-refractivity contribution < 1.29 is 17.9 Å². The normalized spacial score (nSPS) is 11.5. The van der Waals surface area contributed by atoms with E-state index in [9.17, 15) is 13.2 Å². The number of nitrogens with zero attached hydrogens (tertiary/aromatic N) is 1. The van der Waals surface area contributed by atoms with Crippen LogP contribution in [0, 0.1) is 6.92 Å². The van der Waals surface area contributed by atoms with Crippen LogP contribution in [0.2, 0.25) is 5.02 Å².